The Hall–Kier alpha value is -1.71. The van der Waals surface area contributed by atoms with Crippen LogP contribution in [0.25, 0.3) is 0 Å². The molecule has 0 unspecified atom stereocenters. The maximum absolute atomic E-state index is 11.2. The van der Waals surface area contributed by atoms with Crippen molar-refractivity contribution < 1.29 is 9.59 Å². The van der Waals surface area contributed by atoms with Crippen molar-refractivity contribution in [2.75, 3.05) is 6.54 Å². The molecule has 1 saturated carbocycles. The van der Waals surface area contributed by atoms with Crippen LogP contribution < -0.4 is 5.32 Å². The highest BCUT2D eigenvalue weighted by molar-refractivity contribution is 6.35. The molecule has 0 radical (unpaired) electrons. The van der Waals surface area contributed by atoms with Gasteiger partial charge in [-0.05, 0) is 24.5 Å². The maximum Gasteiger partial charge on any atom is 0.287 e. The minimum atomic E-state index is -0.504. The van der Waals surface area contributed by atoms with E-state index in [2.05, 4.69) is 10.3 Å². The van der Waals surface area contributed by atoms with Crippen LogP contribution in [-0.4, -0.2) is 23.2 Å². The molecule has 1 heterocycles. The third-order valence-corrected chi connectivity index (χ3v) is 3.03. The topological polar surface area (TPSA) is 59.1 Å². The fraction of sp³-hybridized carbons (Fsp3) is 0.417. The van der Waals surface area contributed by atoms with Gasteiger partial charge in [0.15, 0.2) is 0 Å². The molecule has 84 valence electrons. The van der Waals surface area contributed by atoms with Crippen LogP contribution in [0.4, 0.5) is 0 Å². The molecule has 16 heavy (non-hydrogen) atoms. The van der Waals surface area contributed by atoms with Crippen LogP contribution in [0.15, 0.2) is 24.5 Å². The average molecular weight is 218 g/mol. The molecular weight excluding hydrogens is 204 g/mol. The van der Waals surface area contributed by atoms with Gasteiger partial charge in [0.1, 0.15) is 0 Å². The third kappa shape index (κ3) is 2.10. The first-order valence-electron chi connectivity index (χ1n) is 5.33. The second-order valence-corrected chi connectivity index (χ2v) is 4.26. The van der Waals surface area contributed by atoms with Gasteiger partial charge in [-0.25, -0.2) is 0 Å². The Labute approximate surface area is 94.1 Å². The maximum atomic E-state index is 11.2. The van der Waals surface area contributed by atoms with Crippen LogP contribution in [0.5, 0.6) is 0 Å². The number of hydrogen-bond acceptors (Lipinski definition) is 3. The highest BCUT2D eigenvalue weighted by Crippen LogP contribution is 2.47. The molecule has 1 aromatic rings. The van der Waals surface area contributed by atoms with Gasteiger partial charge in [-0.3, -0.25) is 14.6 Å². The van der Waals surface area contributed by atoms with Gasteiger partial charge in [-0.2, -0.15) is 0 Å². The summed E-state index contributed by atoms with van der Waals surface area (Å²) in [6.07, 6.45) is 5.63. The first kappa shape index (κ1) is 10.8. The van der Waals surface area contributed by atoms with Gasteiger partial charge in [0.05, 0.1) is 0 Å². The third-order valence-electron chi connectivity index (χ3n) is 3.03. The average Bonchev–Trinajstić information content (AvgIpc) is 3.08. The molecule has 0 aromatic carbocycles. The molecule has 0 spiro atoms. The molecule has 0 atom stereocenters. The quantitative estimate of drug-likeness (QED) is 0.761. The lowest BCUT2D eigenvalue weighted by molar-refractivity contribution is -0.136. The Morgan fingerprint density at radius 3 is 2.75 bits per heavy atom. The zero-order valence-electron chi connectivity index (χ0n) is 9.19. The molecule has 2 rings (SSSR count). The Bertz CT molecular complexity index is 410. The number of amides is 1. The SMILES string of the molecule is CC(=O)C(=O)NCC1(c2cccnc2)CC1. The molecule has 1 N–H and O–H groups in total. The van der Waals surface area contributed by atoms with E-state index in [1.807, 2.05) is 18.3 Å². The molecule has 1 aliphatic rings. The second kappa shape index (κ2) is 4.04. The minimum Gasteiger partial charge on any atom is -0.349 e. The monoisotopic (exact) mass is 218 g/mol. The molecule has 0 aliphatic heterocycles. The van der Waals surface area contributed by atoms with Gasteiger partial charge in [0.2, 0.25) is 5.78 Å². The van der Waals surface area contributed by atoms with E-state index in [4.69, 9.17) is 0 Å². The van der Waals surface area contributed by atoms with Gasteiger partial charge in [-0.15, -0.1) is 0 Å². The Balaban J connectivity index is 2.00. The number of nitrogens with zero attached hydrogens (tertiary/aromatic N) is 1. The van der Waals surface area contributed by atoms with Crippen LogP contribution in [-0.2, 0) is 15.0 Å². The fourth-order valence-corrected chi connectivity index (χ4v) is 1.77. The number of pyridine rings is 1. The van der Waals surface area contributed by atoms with E-state index in [0.717, 1.165) is 18.4 Å². The summed E-state index contributed by atoms with van der Waals surface area (Å²) in [7, 11) is 0. The zero-order valence-corrected chi connectivity index (χ0v) is 9.19. The van der Waals surface area contributed by atoms with Crippen molar-refractivity contribution in [3.63, 3.8) is 0 Å². The van der Waals surface area contributed by atoms with Gasteiger partial charge in [-0.1, -0.05) is 6.07 Å². The number of ketones is 1. The molecule has 4 heteroatoms. The van der Waals surface area contributed by atoms with Crippen molar-refractivity contribution in [3.8, 4) is 0 Å². The summed E-state index contributed by atoms with van der Waals surface area (Å²) in [5.41, 5.74) is 1.15. The van der Waals surface area contributed by atoms with Crippen molar-refractivity contribution in [2.45, 2.75) is 25.2 Å². The number of nitrogens with one attached hydrogen (secondary N) is 1. The highest BCUT2D eigenvalue weighted by atomic mass is 16.2. The predicted octanol–water partition coefficient (Wildman–Crippen LogP) is 0.818. The summed E-state index contributed by atoms with van der Waals surface area (Å²) in [6.45, 7) is 1.80. The lowest BCUT2D eigenvalue weighted by Crippen LogP contribution is -2.35. The molecule has 4 nitrogen and oxygen atoms in total. The second-order valence-electron chi connectivity index (χ2n) is 4.26. The molecule has 1 fully saturated rings. The number of carbonyl (C=O) groups excluding carboxylic acids is 2. The number of carbonyl (C=O) groups is 2. The molecular formula is C12H14N2O2. The van der Waals surface area contributed by atoms with Gasteiger partial charge in [0.25, 0.3) is 5.91 Å². The highest BCUT2D eigenvalue weighted by Gasteiger charge is 2.44. The minimum absolute atomic E-state index is 0.0133. The molecule has 1 amide bonds. The summed E-state index contributed by atoms with van der Waals surface area (Å²) < 4.78 is 0. The van der Waals surface area contributed by atoms with E-state index >= 15 is 0 Å². The largest absolute Gasteiger partial charge is 0.349 e. The Morgan fingerprint density at radius 1 is 1.50 bits per heavy atom. The first-order chi connectivity index (χ1) is 7.64. The molecule has 0 bridgehead atoms. The standard InChI is InChI=1S/C12H14N2O2/c1-9(15)11(16)14-8-12(4-5-12)10-3-2-6-13-7-10/h2-3,6-7H,4-5,8H2,1H3,(H,14,16). The van der Waals surface area contributed by atoms with Crippen molar-refractivity contribution in [2.24, 2.45) is 0 Å². The van der Waals surface area contributed by atoms with Gasteiger partial charge < -0.3 is 5.32 Å². The van der Waals surface area contributed by atoms with E-state index < -0.39 is 11.7 Å². The van der Waals surface area contributed by atoms with Crippen molar-refractivity contribution >= 4 is 11.7 Å². The summed E-state index contributed by atoms with van der Waals surface area (Å²) in [4.78, 5) is 26.0. The van der Waals surface area contributed by atoms with Gasteiger partial charge >= 0.3 is 0 Å². The summed E-state index contributed by atoms with van der Waals surface area (Å²) >= 11 is 0. The van der Waals surface area contributed by atoms with E-state index in [-0.39, 0.29) is 5.41 Å². The van der Waals surface area contributed by atoms with E-state index in [9.17, 15) is 9.59 Å². The van der Waals surface area contributed by atoms with Crippen molar-refractivity contribution in [1.29, 1.82) is 0 Å². The van der Waals surface area contributed by atoms with Crippen LogP contribution in [0, 0.1) is 0 Å². The number of hydrogen-bond donors (Lipinski definition) is 1. The van der Waals surface area contributed by atoms with Crippen LogP contribution in [0.1, 0.15) is 25.3 Å². The van der Waals surface area contributed by atoms with Crippen LogP contribution >= 0.6 is 0 Å². The number of rotatable bonds is 4. The predicted molar refractivity (Wildman–Crippen MR) is 58.8 cm³/mol. The lowest BCUT2D eigenvalue weighted by atomic mass is 9.98. The molecule has 1 aliphatic carbocycles. The number of aromatic nitrogens is 1. The zero-order chi connectivity index (χ0) is 11.6. The van der Waals surface area contributed by atoms with Crippen molar-refractivity contribution in [3.05, 3.63) is 30.1 Å². The Kier molecular flexibility index (Phi) is 2.73. The van der Waals surface area contributed by atoms with Gasteiger partial charge in [0, 0.05) is 31.3 Å². The van der Waals surface area contributed by atoms with Crippen molar-refractivity contribution in [1.82, 2.24) is 10.3 Å². The summed E-state index contributed by atoms with van der Waals surface area (Å²) in [6, 6.07) is 3.90. The van der Waals surface area contributed by atoms with Crippen LogP contribution in [0.3, 0.4) is 0 Å². The molecule has 0 saturated heterocycles. The normalized spacial score (nSPS) is 16.6. The van der Waals surface area contributed by atoms with E-state index in [1.54, 1.807) is 6.20 Å². The Morgan fingerprint density at radius 2 is 2.25 bits per heavy atom. The smallest absolute Gasteiger partial charge is 0.287 e. The van der Waals surface area contributed by atoms with Crippen LogP contribution in [0.2, 0.25) is 0 Å². The van der Waals surface area contributed by atoms with E-state index in [1.165, 1.54) is 6.92 Å². The van der Waals surface area contributed by atoms with E-state index in [0.29, 0.717) is 6.54 Å². The fourth-order valence-electron chi connectivity index (χ4n) is 1.77. The first-order valence-corrected chi connectivity index (χ1v) is 5.33. The lowest BCUT2D eigenvalue weighted by Gasteiger charge is -2.15. The summed E-state index contributed by atoms with van der Waals surface area (Å²) in [5.74, 6) is -0.947. The number of Topliss-reactive ketones (excluding diaryl/α,β-unsaturated/α-hetero) is 1. The summed E-state index contributed by atoms with van der Waals surface area (Å²) in [5, 5.41) is 2.67. The molecule has 1 aromatic heterocycles.